The van der Waals surface area contributed by atoms with Crippen molar-refractivity contribution < 1.29 is 31.9 Å². The molecule has 2 rings (SSSR count). The minimum Gasteiger partial charge on any atom is -0.481 e. The fourth-order valence-electron chi connectivity index (χ4n) is 1.79. The van der Waals surface area contributed by atoms with Crippen LogP contribution >= 0.6 is 0 Å². The molecule has 0 atom stereocenters. The molecule has 1 N–H and O–H groups in total. The highest BCUT2D eigenvalue weighted by atomic mass is 19.2. The summed E-state index contributed by atoms with van der Waals surface area (Å²) in [6.45, 7) is 0. The lowest BCUT2D eigenvalue weighted by atomic mass is 10.0. The van der Waals surface area contributed by atoms with Crippen LogP contribution in [0.4, 0.5) is 22.0 Å². The molecule has 0 saturated carbocycles. The highest BCUT2D eigenvalue weighted by Crippen LogP contribution is 2.32. The second kappa shape index (κ2) is 5.47. The summed E-state index contributed by atoms with van der Waals surface area (Å²) in [5.41, 5.74) is -1.98. The average Bonchev–Trinajstić information content (AvgIpc) is 2.44. The van der Waals surface area contributed by atoms with Crippen LogP contribution < -0.4 is 0 Å². The minimum absolute atomic E-state index is 0.312. The predicted octanol–water partition coefficient (Wildman–Crippen LogP) is 3.07. The van der Waals surface area contributed by atoms with Gasteiger partial charge >= 0.3 is 5.97 Å². The van der Waals surface area contributed by atoms with E-state index in [0.717, 1.165) is 12.3 Å². The zero-order valence-electron chi connectivity index (χ0n) is 10.1. The largest absolute Gasteiger partial charge is 0.481 e. The number of halogens is 5. The third-order valence-corrected chi connectivity index (χ3v) is 2.69. The third kappa shape index (κ3) is 2.56. The zero-order valence-corrected chi connectivity index (χ0v) is 10.1. The van der Waals surface area contributed by atoms with Crippen molar-refractivity contribution in [1.82, 2.24) is 4.98 Å². The lowest BCUT2D eigenvalue weighted by molar-refractivity contribution is -0.136. The van der Waals surface area contributed by atoms with E-state index in [9.17, 15) is 26.7 Å². The normalized spacial score (nSPS) is 10.7. The molecule has 0 aliphatic rings. The topological polar surface area (TPSA) is 50.2 Å². The van der Waals surface area contributed by atoms with Crippen molar-refractivity contribution in [3.05, 3.63) is 53.1 Å². The van der Waals surface area contributed by atoms with Gasteiger partial charge in [-0.25, -0.2) is 22.0 Å². The molecule has 110 valence electrons. The molecular formula is C13H6F5NO2. The quantitative estimate of drug-likeness (QED) is 0.538. The van der Waals surface area contributed by atoms with E-state index in [4.69, 9.17) is 5.11 Å². The van der Waals surface area contributed by atoms with Gasteiger partial charge in [0.05, 0.1) is 17.7 Å². The number of benzene rings is 1. The molecule has 0 aliphatic heterocycles. The van der Waals surface area contributed by atoms with E-state index < -0.39 is 52.6 Å². The van der Waals surface area contributed by atoms with Crippen molar-refractivity contribution in [2.45, 2.75) is 6.42 Å². The fourth-order valence-corrected chi connectivity index (χ4v) is 1.79. The number of carbonyl (C=O) groups is 1. The summed E-state index contributed by atoms with van der Waals surface area (Å²) in [7, 11) is 0. The van der Waals surface area contributed by atoms with Crippen LogP contribution in [-0.4, -0.2) is 16.1 Å². The number of hydrogen-bond acceptors (Lipinski definition) is 2. The van der Waals surface area contributed by atoms with Crippen molar-refractivity contribution in [3.63, 3.8) is 0 Å². The van der Waals surface area contributed by atoms with E-state index in [-0.39, 0.29) is 5.69 Å². The smallest absolute Gasteiger partial charge is 0.309 e. The van der Waals surface area contributed by atoms with Gasteiger partial charge in [0.15, 0.2) is 23.3 Å². The standard InChI is InChI=1S/C13H6F5NO2/c14-9-8(10(15)12(17)13(18)11(9)16)5-2-1-3-19-6(5)4-7(20)21/h1-3H,4H2,(H,20,21). The van der Waals surface area contributed by atoms with Crippen LogP contribution in [0.15, 0.2) is 18.3 Å². The maximum atomic E-state index is 13.7. The Labute approximate surface area is 114 Å². The maximum Gasteiger partial charge on any atom is 0.309 e. The number of pyridine rings is 1. The summed E-state index contributed by atoms with van der Waals surface area (Å²) in [4.78, 5) is 14.3. The van der Waals surface area contributed by atoms with Gasteiger partial charge in [0.1, 0.15) is 0 Å². The van der Waals surface area contributed by atoms with Gasteiger partial charge in [-0.2, -0.15) is 0 Å². The van der Waals surface area contributed by atoms with Gasteiger partial charge in [0, 0.05) is 11.8 Å². The number of nitrogens with zero attached hydrogens (tertiary/aromatic N) is 1. The van der Waals surface area contributed by atoms with Crippen LogP contribution in [0.5, 0.6) is 0 Å². The van der Waals surface area contributed by atoms with Crippen molar-refractivity contribution in [1.29, 1.82) is 0 Å². The Balaban J connectivity index is 2.77. The SMILES string of the molecule is O=C(O)Cc1ncccc1-c1c(F)c(F)c(F)c(F)c1F. The summed E-state index contributed by atoms with van der Waals surface area (Å²) < 4.78 is 66.8. The third-order valence-electron chi connectivity index (χ3n) is 2.69. The Kier molecular flexibility index (Phi) is 3.88. The van der Waals surface area contributed by atoms with Crippen LogP contribution in [0.2, 0.25) is 0 Å². The molecule has 0 aliphatic carbocycles. The first kappa shape index (κ1) is 14.9. The molecule has 0 spiro atoms. The molecule has 0 amide bonds. The molecule has 1 aromatic heterocycles. The molecule has 21 heavy (non-hydrogen) atoms. The Morgan fingerprint density at radius 1 is 1.00 bits per heavy atom. The van der Waals surface area contributed by atoms with Crippen LogP contribution in [-0.2, 0) is 11.2 Å². The monoisotopic (exact) mass is 303 g/mol. The molecular weight excluding hydrogens is 297 g/mol. The first-order valence-corrected chi connectivity index (χ1v) is 5.52. The van der Waals surface area contributed by atoms with Gasteiger partial charge in [-0.1, -0.05) is 6.07 Å². The number of carboxylic acid groups (broad SMARTS) is 1. The number of hydrogen-bond donors (Lipinski definition) is 1. The number of aliphatic carboxylic acids is 1. The van der Waals surface area contributed by atoms with Crippen LogP contribution in [0.1, 0.15) is 5.69 Å². The number of rotatable bonds is 3. The molecule has 3 nitrogen and oxygen atoms in total. The van der Waals surface area contributed by atoms with E-state index in [1.165, 1.54) is 6.07 Å². The van der Waals surface area contributed by atoms with Crippen molar-refractivity contribution in [2.24, 2.45) is 0 Å². The van der Waals surface area contributed by atoms with Crippen LogP contribution in [0.25, 0.3) is 11.1 Å². The molecule has 1 heterocycles. The molecule has 1 aromatic carbocycles. The van der Waals surface area contributed by atoms with E-state index in [0.29, 0.717) is 0 Å². The summed E-state index contributed by atoms with van der Waals surface area (Å²) in [5.74, 6) is -11.9. The maximum absolute atomic E-state index is 13.7. The summed E-state index contributed by atoms with van der Waals surface area (Å²) in [6, 6.07) is 2.22. The number of aromatic nitrogens is 1. The van der Waals surface area contributed by atoms with Crippen LogP contribution in [0.3, 0.4) is 0 Å². The van der Waals surface area contributed by atoms with Gasteiger partial charge in [-0.15, -0.1) is 0 Å². The first-order chi connectivity index (χ1) is 9.84. The average molecular weight is 303 g/mol. The summed E-state index contributed by atoms with van der Waals surface area (Å²) in [5, 5.41) is 8.69. The molecule has 0 fully saturated rings. The van der Waals surface area contributed by atoms with Gasteiger partial charge in [-0.3, -0.25) is 9.78 Å². The Morgan fingerprint density at radius 3 is 2.05 bits per heavy atom. The molecule has 0 saturated heterocycles. The van der Waals surface area contributed by atoms with Crippen molar-refractivity contribution in [3.8, 4) is 11.1 Å². The van der Waals surface area contributed by atoms with Crippen molar-refractivity contribution in [2.75, 3.05) is 0 Å². The molecule has 8 heteroatoms. The lowest BCUT2D eigenvalue weighted by Crippen LogP contribution is -2.08. The fraction of sp³-hybridized carbons (Fsp3) is 0.0769. The summed E-state index contributed by atoms with van der Waals surface area (Å²) in [6.07, 6.45) is 0.420. The molecule has 2 aromatic rings. The van der Waals surface area contributed by atoms with Crippen LogP contribution in [0, 0.1) is 29.1 Å². The van der Waals surface area contributed by atoms with E-state index in [2.05, 4.69) is 4.98 Å². The van der Waals surface area contributed by atoms with Gasteiger partial charge in [-0.05, 0) is 6.07 Å². The van der Waals surface area contributed by atoms with Gasteiger partial charge in [0.25, 0.3) is 0 Å². The van der Waals surface area contributed by atoms with E-state index in [1.807, 2.05) is 0 Å². The van der Waals surface area contributed by atoms with Gasteiger partial charge < -0.3 is 5.11 Å². The number of carboxylic acids is 1. The Hall–Kier alpha value is -2.51. The second-order valence-corrected chi connectivity index (χ2v) is 4.01. The Bertz CT molecular complexity index is 704. The molecule has 0 bridgehead atoms. The zero-order chi connectivity index (χ0) is 15.7. The molecule has 0 radical (unpaired) electrons. The molecule has 0 unspecified atom stereocenters. The Morgan fingerprint density at radius 2 is 1.52 bits per heavy atom. The van der Waals surface area contributed by atoms with E-state index in [1.54, 1.807) is 0 Å². The minimum atomic E-state index is -2.28. The predicted molar refractivity (Wildman–Crippen MR) is 60.8 cm³/mol. The van der Waals surface area contributed by atoms with Crippen molar-refractivity contribution >= 4 is 5.97 Å². The van der Waals surface area contributed by atoms with Gasteiger partial charge in [0.2, 0.25) is 5.82 Å². The summed E-state index contributed by atoms with van der Waals surface area (Å²) >= 11 is 0. The first-order valence-electron chi connectivity index (χ1n) is 5.52. The lowest BCUT2D eigenvalue weighted by Gasteiger charge is -2.11. The highest BCUT2D eigenvalue weighted by molar-refractivity contribution is 5.75. The second-order valence-electron chi connectivity index (χ2n) is 4.01. The van der Waals surface area contributed by atoms with E-state index >= 15 is 0 Å². The highest BCUT2D eigenvalue weighted by Gasteiger charge is 2.28.